The highest BCUT2D eigenvalue weighted by Gasteiger charge is 1.98. The predicted molar refractivity (Wildman–Crippen MR) is 52.3 cm³/mol. The lowest BCUT2D eigenvalue weighted by Gasteiger charge is -2.10. The first-order valence-electron chi connectivity index (χ1n) is 4.51. The van der Waals surface area contributed by atoms with Crippen LogP contribution in [0.25, 0.3) is 0 Å². The van der Waals surface area contributed by atoms with Gasteiger partial charge >= 0.3 is 0 Å². The molecule has 0 bridgehead atoms. The average molecular weight is 207 g/mol. The van der Waals surface area contributed by atoms with Crippen LogP contribution in [0.15, 0.2) is 0 Å². The number of hydrogen-bond donors (Lipinski definition) is 1. The van der Waals surface area contributed by atoms with Gasteiger partial charge in [0.25, 0.3) is 0 Å². The fourth-order valence-electron chi connectivity index (χ4n) is 0.963. The Hall–Kier alpha value is 0.0300. The van der Waals surface area contributed by atoms with E-state index in [1.54, 1.807) is 0 Å². The first kappa shape index (κ1) is 11.1. The molecular weight excluding hydrogens is 190 g/mol. The summed E-state index contributed by atoms with van der Waals surface area (Å²) in [5.74, 6) is 1.65. The molecule has 1 saturated heterocycles. The maximum absolute atomic E-state index is 7.64. The van der Waals surface area contributed by atoms with Gasteiger partial charge in [0.15, 0.2) is 0 Å². The van der Waals surface area contributed by atoms with E-state index in [0.29, 0.717) is 39.6 Å². The van der Waals surface area contributed by atoms with Crippen LogP contribution in [0.5, 0.6) is 0 Å². The summed E-state index contributed by atoms with van der Waals surface area (Å²) in [4.78, 5) is 0. The van der Waals surface area contributed by atoms with Crippen LogP contribution in [0, 0.1) is 4.78 Å². The van der Waals surface area contributed by atoms with Crippen molar-refractivity contribution in [2.75, 3.05) is 51.1 Å². The van der Waals surface area contributed by atoms with Gasteiger partial charge in [0.2, 0.25) is 0 Å². The molecule has 0 aromatic heterocycles. The SMILES string of the molecule is N=S1CCOCCOCCOCC1. The lowest BCUT2D eigenvalue weighted by atomic mass is 10.7. The highest BCUT2D eigenvalue weighted by molar-refractivity contribution is 7.86. The van der Waals surface area contributed by atoms with E-state index in [2.05, 4.69) is 0 Å². The van der Waals surface area contributed by atoms with Crippen molar-refractivity contribution in [3.05, 3.63) is 0 Å². The van der Waals surface area contributed by atoms with Gasteiger partial charge in [0.1, 0.15) is 0 Å². The van der Waals surface area contributed by atoms with Crippen LogP contribution in [0.4, 0.5) is 0 Å². The zero-order valence-electron chi connectivity index (χ0n) is 7.79. The van der Waals surface area contributed by atoms with E-state index in [-0.39, 0.29) is 10.7 Å². The van der Waals surface area contributed by atoms with Crippen molar-refractivity contribution in [1.29, 1.82) is 4.78 Å². The van der Waals surface area contributed by atoms with Crippen molar-refractivity contribution in [2.45, 2.75) is 0 Å². The highest BCUT2D eigenvalue weighted by Crippen LogP contribution is 1.90. The number of hydrogen-bond acceptors (Lipinski definition) is 4. The molecule has 0 saturated carbocycles. The third kappa shape index (κ3) is 6.15. The molecule has 0 radical (unpaired) electrons. The maximum atomic E-state index is 7.64. The quantitative estimate of drug-likeness (QED) is 0.626. The van der Waals surface area contributed by atoms with Crippen LogP contribution < -0.4 is 0 Å². The van der Waals surface area contributed by atoms with E-state index in [1.165, 1.54) is 0 Å². The molecule has 4 nitrogen and oxygen atoms in total. The first-order valence-corrected chi connectivity index (χ1v) is 6.08. The Balaban J connectivity index is 2.14. The second-order valence-electron chi connectivity index (χ2n) is 2.74. The van der Waals surface area contributed by atoms with E-state index < -0.39 is 0 Å². The molecule has 0 atom stereocenters. The molecule has 0 spiro atoms. The van der Waals surface area contributed by atoms with E-state index in [9.17, 15) is 0 Å². The third-order valence-electron chi connectivity index (χ3n) is 1.69. The number of rotatable bonds is 0. The van der Waals surface area contributed by atoms with Crippen molar-refractivity contribution in [3.8, 4) is 0 Å². The van der Waals surface area contributed by atoms with Crippen LogP contribution in [-0.4, -0.2) is 51.1 Å². The van der Waals surface area contributed by atoms with Crippen molar-refractivity contribution >= 4 is 10.7 Å². The minimum absolute atomic E-state index is 0.292. The predicted octanol–water partition coefficient (Wildman–Crippen LogP) is 0.430. The van der Waals surface area contributed by atoms with Crippen molar-refractivity contribution in [3.63, 3.8) is 0 Å². The second kappa shape index (κ2) is 7.44. The van der Waals surface area contributed by atoms with Gasteiger partial charge in [0.05, 0.1) is 39.6 Å². The van der Waals surface area contributed by atoms with Crippen LogP contribution in [0.2, 0.25) is 0 Å². The normalized spacial score (nSPS) is 24.6. The van der Waals surface area contributed by atoms with Gasteiger partial charge in [-0.3, -0.25) is 4.78 Å². The summed E-state index contributed by atoms with van der Waals surface area (Å²) >= 11 is 0. The molecule has 0 unspecified atom stereocenters. The van der Waals surface area contributed by atoms with Gasteiger partial charge in [-0.1, -0.05) is 10.7 Å². The Bertz CT molecular complexity index is 140. The lowest BCUT2D eigenvalue weighted by molar-refractivity contribution is 0.0192. The summed E-state index contributed by atoms with van der Waals surface area (Å²) in [6, 6.07) is 0. The molecule has 13 heavy (non-hydrogen) atoms. The van der Waals surface area contributed by atoms with E-state index >= 15 is 0 Å². The van der Waals surface area contributed by atoms with Crippen LogP contribution >= 0.6 is 0 Å². The topological polar surface area (TPSA) is 51.5 Å². The molecule has 1 heterocycles. The summed E-state index contributed by atoms with van der Waals surface area (Å²) in [5.41, 5.74) is 0. The molecule has 1 N–H and O–H groups in total. The van der Waals surface area contributed by atoms with Crippen LogP contribution in [-0.2, 0) is 24.9 Å². The zero-order chi connectivity index (χ0) is 9.36. The Labute approximate surface area is 81.4 Å². The minimum Gasteiger partial charge on any atom is -0.378 e. The fraction of sp³-hybridized carbons (Fsp3) is 1.00. The Kier molecular flexibility index (Phi) is 6.35. The number of nitrogens with one attached hydrogen (secondary N) is 1. The summed E-state index contributed by atoms with van der Waals surface area (Å²) in [6.07, 6.45) is 0. The monoisotopic (exact) mass is 207 g/mol. The van der Waals surface area contributed by atoms with Crippen LogP contribution in [0.1, 0.15) is 0 Å². The summed E-state index contributed by atoms with van der Waals surface area (Å²) < 4.78 is 23.5. The molecular formula is C8H17NO3S. The first-order chi connectivity index (χ1) is 6.39. The minimum atomic E-state index is -0.292. The maximum Gasteiger partial charge on any atom is 0.0701 e. The van der Waals surface area contributed by atoms with Gasteiger partial charge in [0, 0.05) is 11.5 Å². The lowest BCUT2D eigenvalue weighted by Crippen LogP contribution is -2.17. The Morgan fingerprint density at radius 1 is 0.692 bits per heavy atom. The van der Waals surface area contributed by atoms with Gasteiger partial charge in [-0.2, -0.15) is 0 Å². The smallest absolute Gasteiger partial charge is 0.0701 e. The Morgan fingerprint density at radius 2 is 1.08 bits per heavy atom. The van der Waals surface area contributed by atoms with Crippen molar-refractivity contribution < 1.29 is 14.2 Å². The van der Waals surface area contributed by atoms with Gasteiger partial charge < -0.3 is 14.2 Å². The molecule has 5 heteroatoms. The van der Waals surface area contributed by atoms with Gasteiger partial charge in [-0.25, -0.2) is 0 Å². The number of ether oxygens (including phenoxy) is 3. The zero-order valence-corrected chi connectivity index (χ0v) is 8.61. The van der Waals surface area contributed by atoms with E-state index in [4.69, 9.17) is 19.0 Å². The van der Waals surface area contributed by atoms with Crippen LogP contribution in [0.3, 0.4) is 0 Å². The van der Waals surface area contributed by atoms with E-state index in [1.807, 2.05) is 0 Å². The van der Waals surface area contributed by atoms with E-state index in [0.717, 1.165) is 11.5 Å². The molecule has 1 aliphatic heterocycles. The molecule has 1 rings (SSSR count). The summed E-state index contributed by atoms with van der Waals surface area (Å²) in [6.45, 7) is 3.89. The molecule has 1 aliphatic rings. The second-order valence-corrected chi connectivity index (χ2v) is 4.54. The van der Waals surface area contributed by atoms with Gasteiger partial charge in [-0.05, 0) is 0 Å². The molecule has 78 valence electrons. The van der Waals surface area contributed by atoms with Crippen molar-refractivity contribution in [1.82, 2.24) is 0 Å². The average Bonchev–Trinajstić information content (AvgIpc) is 2.11. The molecule has 0 aromatic rings. The van der Waals surface area contributed by atoms with Crippen molar-refractivity contribution in [2.24, 2.45) is 0 Å². The summed E-state index contributed by atoms with van der Waals surface area (Å²) in [7, 11) is -0.292. The molecule has 0 aromatic carbocycles. The van der Waals surface area contributed by atoms with Gasteiger partial charge in [-0.15, -0.1) is 0 Å². The largest absolute Gasteiger partial charge is 0.378 e. The molecule has 0 amide bonds. The Morgan fingerprint density at radius 3 is 1.54 bits per heavy atom. The highest BCUT2D eigenvalue weighted by atomic mass is 32.2. The summed E-state index contributed by atoms with van der Waals surface area (Å²) in [5, 5.41) is 0. The molecule has 0 aliphatic carbocycles. The third-order valence-corrected chi connectivity index (χ3v) is 3.01. The standard InChI is InChI=1S/C8H17NO3S/c9-13-7-5-11-3-1-10-2-4-12-6-8-13/h9H,1-8H2. The molecule has 1 fully saturated rings. The fourth-order valence-corrected chi connectivity index (χ4v) is 1.81.